The lowest BCUT2D eigenvalue weighted by atomic mass is 10.0. The van der Waals surface area contributed by atoms with Gasteiger partial charge in [0, 0.05) is 25.6 Å². The summed E-state index contributed by atoms with van der Waals surface area (Å²) in [5, 5.41) is 3.26. The minimum absolute atomic E-state index is 0.116. The Morgan fingerprint density at radius 2 is 2.24 bits per heavy atom. The van der Waals surface area contributed by atoms with E-state index in [-0.39, 0.29) is 5.91 Å². The quantitative estimate of drug-likeness (QED) is 0.868. The molecule has 0 aromatic carbocycles. The molecule has 94 valence electrons. The van der Waals surface area contributed by atoms with Crippen molar-refractivity contribution < 1.29 is 9.21 Å². The SMILES string of the molecule is CCc1occc1C(=O)N1CCC(NC)CC1. The molecule has 4 nitrogen and oxygen atoms in total. The number of aryl methyl sites for hydroxylation is 1. The number of carbonyl (C=O) groups excluding carboxylic acids is 1. The van der Waals surface area contributed by atoms with Gasteiger partial charge in [0.25, 0.3) is 5.91 Å². The zero-order valence-corrected chi connectivity index (χ0v) is 10.5. The van der Waals surface area contributed by atoms with Gasteiger partial charge in [-0.25, -0.2) is 0 Å². The summed E-state index contributed by atoms with van der Waals surface area (Å²) in [7, 11) is 1.98. The molecule has 2 rings (SSSR count). The average molecular weight is 236 g/mol. The third-order valence-electron chi connectivity index (χ3n) is 3.49. The Morgan fingerprint density at radius 3 is 2.82 bits per heavy atom. The second-order valence-electron chi connectivity index (χ2n) is 4.47. The number of carbonyl (C=O) groups is 1. The fourth-order valence-electron chi connectivity index (χ4n) is 2.35. The number of hydrogen-bond acceptors (Lipinski definition) is 3. The molecule has 0 saturated carbocycles. The maximum Gasteiger partial charge on any atom is 0.257 e. The number of piperidine rings is 1. The zero-order valence-electron chi connectivity index (χ0n) is 10.5. The van der Waals surface area contributed by atoms with Crippen LogP contribution >= 0.6 is 0 Å². The van der Waals surface area contributed by atoms with Crippen molar-refractivity contribution in [1.82, 2.24) is 10.2 Å². The van der Waals surface area contributed by atoms with E-state index in [1.54, 1.807) is 12.3 Å². The van der Waals surface area contributed by atoms with Crippen molar-refractivity contribution in [3.8, 4) is 0 Å². The van der Waals surface area contributed by atoms with Crippen LogP contribution in [0.2, 0.25) is 0 Å². The largest absolute Gasteiger partial charge is 0.469 e. The van der Waals surface area contributed by atoms with E-state index in [1.807, 2.05) is 18.9 Å². The molecule has 1 amide bonds. The van der Waals surface area contributed by atoms with Gasteiger partial charge < -0.3 is 14.6 Å². The van der Waals surface area contributed by atoms with Crippen LogP contribution < -0.4 is 5.32 Å². The van der Waals surface area contributed by atoms with Gasteiger partial charge in [0.05, 0.1) is 11.8 Å². The van der Waals surface area contributed by atoms with Gasteiger partial charge in [0.2, 0.25) is 0 Å². The fourth-order valence-corrected chi connectivity index (χ4v) is 2.35. The molecule has 0 aliphatic carbocycles. The monoisotopic (exact) mass is 236 g/mol. The van der Waals surface area contributed by atoms with Crippen molar-refractivity contribution in [2.45, 2.75) is 32.2 Å². The lowest BCUT2D eigenvalue weighted by Gasteiger charge is -2.31. The van der Waals surface area contributed by atoms with Gasteiger partial charge in [-0.1, -0.05) is 6.92 Å². The van der Waals surface area contributed by atoms with Crippen molar-refractivity contribution in [2.24, 2.45) is 0 Å². The minimum Gasteiger partial charge on any atom is -0.469 e. The van der Waals surface area contributed by atoms with Gasteiger partial charge in [-0.2, -0.15) is 0 Å². The van der Waals surface area contributed by atoms with Crippen LogP contribution in [0.15, 0.2) is 16.7 Å². The molecule has 1 saturated heterocycles. The van der Waals surface area contributed by atoms with Crippen LogP contribution in [0.1, 0.15) is 35.9 Å². The van der Waals surface area contributed by atoms with Crippen molar-refractivity contribution in [3.63, 3.8) is 0 Å². The molecule has 1 N–H and O–H groups in total. The van der Waals surface area contributed by atoms with Crippen LogP contribution in [0, 0.1) is 0 Å². The van der Waals surface area contributed by atoms with Crippen molar-refractivity contribution in [1.29, 1.82) is 0 Å². The highest BCUT2D eigenvalue weighted by Crippen LogP contribution is 2.17. The summed E-state index contributed by atoms with van der Waals surface area (Å²) < 4.78 is 5.31. The first-order valence-electron chi connectivity index (χ1n) is 6.29. The number of rotatable bonds is 3. The first-order valence-corrected chi connectivity index (χ1v) is 6.29. The van der Waals surface area contributed by atoms with Gasteiger partial charge in [-0.15, -0.1) is 0 Å². The maximum atomic E-state index is 12.3. The van der Waals surface area contributed by atoms with E-state index < -0.39 is 0 Å². The van der Waals surface area contributed by atoms with Gasteiger partial charge in [0.15, 0.2) is 0 Å². The van der Waals surface area contributed by atoms with E-state index in [0.717, 1.165) is 43.7 Å². The molecule has 1 aliphatic heterocycles. The molecule has 2 heterocycles. The Balaban J connectivity index is 2.02. The molecule has 1 fully saturated rings. The lowest BCUT2D eigenvalue weighted by Crippen LogP contribution is -2.44. The second kappa shape index (κ2) is 5.36. The van der Waals surface area contributed by atoms with E-state index >= 15 is 0 Å². The number of amides is 1. The first-order chi connectivity index (χ1) is 8.26. The van der Waals surface area contributed by atoms with Gasteiger partial charge >= 0.3 is 0 Å². The highest BCUT2D eigenvalue weighted by atomic mass is 16.3. The highest BCUT2D eigenvalue weighted by molar-refractivity contribution is 5.95. The zero-order chi connectivity index (χ0) is 12.3. The lowest BCUT2D eigenvalue weighted by molar-refractivity contribution is 0.0705. The van der Waals surface area contributed by atoms with E-state index in [1.165, 1.54) is 0 Å². The molecule has 0 unspecified atom stereocenters. The van der Waals surface area contributed by atoms with E-state index in [9.17, 15) is 4.79 Å². The number of hydrogen-bond donors (Lipinski definition) is 1. The third-order valence-corrected chi connectivity index (χ3v) is 3.49. The predicted molar refractivity (Wildman–Crippen MR) is 66.1 cm³/mol. The van der Waals surface area contributed by atoms with Crippen LogP contribution in [-0.4, -0.2) is 37.0 Å². The molecule has 0 spiro atoms. The molecule has 4 heteroatoms. The summed E-state index contributed by atoms with van der Waals surface area (Å²) in [4.78, 5) is 14.2. The average Bonchev–Trinajstić information content (AvgIpc) is 2.86. The van der Waals surface area contributed by atoms with Crippen molar-refractivity contribution in [2.75, 3.05) is 20.1 Å². The van der Waals surface area contributed by atoms with Crippen molar-refractivity contribution >= 4 is 5.91 Å². The van der Waals surface area contributed by atoms with Crippen molar-refractivity contribution in [3.05, 3.63) is 23.7 Å². The molecule has 17 heavy (non-hydrogen) atoms. The van der Waals surface area contributed by atoms with Crippen LogP contribution in [0.25, 0.3) is 0 Å². The molecule has 0 bridgehead atoms. The first kappa shape index (κ1) is 12.2. The van der Waals surface area contributed by atoms with Gasteiger partial charge in [-0.3, -0.25) is 4.79 Å². The smallest absolute Gasteiger partial charge is 0.257 e. The van der Waals surface area contributed by atoms with E-state index in [0.29, 0.717) is 6.04 Å². The Morgan fingerprint density at radius 1 is 1.53 bits per heavy atom. The molecular formula is C13H20N2O2. The summed E-state index contributed by atoms with van der Waals surface area (Å²) in [6.07, 6.45) is 4.43. The van der Waals surface area contributed by atoms with Crippen LogP contribution in [0.4, 0.5) is 0 Å². The summed E-state index contributed by atoms with van der Waals surface area (Å²) in [6, 6.07) is 2.33. The number of nitrogens with one attached hydrogen (secondary N) is 1. The highest BCUT2D eigenvalue weighted by Gasteiger charge is 2.24. The number of furan rings is 1. The predicted octanol–water partition coefficient (Wildman–Crippen LogP) is 1.67. The summed E-state index contributed by atoms with van der Waals surface area (Å²) in [5.74, 6) is 0.913. The molecule has 0 radical (unpaired) electrons. The molecule has 1 aromatic heterocycles. The van der Waals surface area contributed by atoms with Crippen LogP contribution in [0.5, 0.6) is 0 Å². The molecular weight excluding hydrogens is 216 g/mol. The summed E-state index contributed by atoms with van der Waals surface area (Å²) in [5.41, 5.74) is 0.732. The molecule has 0 atom stereocenters. The Kier molecular flexibility index (Phi) is 3.84. The maximum absolute atomic E-state index is 12.3. The molecule has 1 aliphatic rings. The second-order valence-corrected chi connectivity index (χ2v) is 4.47. The summed E-state index contributed by atoms with van der Waals surface area (Å²) in [6.45, 7) is 3.67. The Hall–Kier alpha value is -1.29. The van der Waals surface area contributed by atoms with Crippen LogP contribution in [-0.2, 0) is 6.42 Å². The normalized spacial score (nSPS) is 17.4. The number of likely N-dealkylation sites (tertiary alicyclic amines) is 1. The molecule has 1 aromatic rings. The van der Waals surface area contributed by atoms with Gasteiger partial charge in [0.1, 0.15) is 5.76 Å². The Bertz CT molecular complexity index is 379. The van der Waals surface area contributed by atoms with E-state index in [4.69, 9.17) is 4.42 Å². The summed E-state index contributed by atoms with van der Waals surface area (Å²) >= 11 is 0. The van der Waals surface area contributed by atoms with Crippen LogP contribution in [0.3, 0.4) is 0 Å². The minimum atomic E-state index is 0.116. The van der Waals surface area contributed by atoms with Gasteiger partial charge in [-0.05, 0) is 26.0 Å². The topological polar surface area (TPSA) is 45.5 Å². The van der Waals surface area contributed by atoms with E-state index in [2.05, 4.69) is 5.32 Å². The Labute approximate surface area is 102 Å². The number of nitrogens with zero attached hydrogens (tertiary/aromatic N) is 1. The standard InChI is InChI=1S/C13H20N2O2/c1-3-12-11(6-9-17-12)13(16)15-7-4-10(14-2)5-8-15/h6,9-10,14H,3-5,7-8H2,1-2H3. The third kappa shape index (κ3) is 2.52. The fraction of sp³-hybridized carbons (Fsp3) is 0.615.